The predicted octanol–water partition coefficient (Wildman–Crippen LogP) is 10.2. The molecule has 0 aliphatic heterocycles. The third-order valence-corrected chi connectivity index (χ3v) is 8.91. The Morgan fingerprint density at radius 2 is 1.67 bits per heavy atom. The lowest BCUT2D eigenvalue weighted by Crippen LogP contribution is -2.12. The van der Waals surface area contributed by atoms with Crippen molar-refractivity contribution in [2.45, 2.75) is 38.0 Å². The molecule has 3 nitrogen and oxygen atoms in total. The maximum absolute atomic E-state index is 14.3. The molecule has 0 saturated carbocycles. The number of nitrogens with zero attached hydrogens (tertiary/aromatic N) is 1. The van der Waals surface area contributed by atoms with Crippen LogP contribution in [0.2, 0.25) is 0 Å². The van der Waals surface area contributed by atoms with Crippen molar-refractivity contribution in [3.05, 3.63) is 124 Å². The highest BCUT2D eigenvalue weighted by Gasteiger charge is 2.24. The number of pyridine rings is 1. The smallest absolute Gasteiger partial charge is 0.131 e. The van der Waals surface area contributed by atoms with E-state index in [9.17, 15) is 4.39 Å². The topological polar surface area (TPSA) is 31.4 Å². The number of hydrogen-bond acceptors (Lipinski definition) is 3. The Morgan fingerprint density at radius 3 is 2.45 bits per heavy atom. The van der Waals surface area contributed by atoms with E-state index in [2.05, 4.69) is 57.3 Å². The summed E-state index contributed by atoms with van der Waals surface area (Å²) in [6.07, 6.45) is 8.74. The van der Waals surface area contributed by atoms with E-state index >= 15 is 0 Å². The lowest BCUT2D eigenvalue weighted by Gasteiger charge is -2.27. The van der Waals surface area contributed by atoms with Gasteiger partial charge in [-0.2, -0.15) is 0 Å². The minimum absolute atomic E-state index is 0.126. The van der Waals surface area contributed by atoms with Crippen LogP contribution in [0.1, 0.15) is 41.9 Å². The first-order valence-corrected chi connectivity index (χ1v) is 15.2. The van der Waals surface area contributed by atoms with Crippen molar-refractivity contribution >= 4 is 48.2 Å². The number of benzene rings is 5. The van der Waals surface area contributed by atoms with Crippen molar-refractivity contribution in [2.24, 2.45) is 0 Å². The number of hydrogen-bond donors (Lipinski definition) is 0. The van der Waals surface area contributed by atoms with Gasteiger partial charge >= 0.3 is 0 Å². The van der Waals surface area contributed by atoms with Gasteiger partial charge in [0, 0.05) is 16.9 Å². The van der Waals surface area contributed by atoms with E-state index < -0.39 is 0 Å². The standard InChI is InChI=1S/C28H26BrFO2.C9H7N/c1-31-26-8-4-7-23-22-14-13-20-17(9-10-18-11-12-19(29)15-25(18)30)5-3-6-21(20)24(22)16-27(32-2)28(23)26;1-2-4-9-7-10-6-5-8(9)3-1/h4,7-8,11-17H,3,5-6,9-10H2,1-2H3;1-7H/t17-;/m0./s1. The summed E-state index contributed by atoms with van der Waals surface area (Å²) in [5.74, 6) is 1.99. The van der Waals surface area contributed by atoms with Crippen molar-refractivity contribution < 1.29 is 13.9 Å². The molecule has 1 aliphatic carbocycles. The summed E-state index contributed by atoms with van der Waals surface area (Å²) in [7, 11) is 3.42. The summed E-state index contributed by atoms with van der Waals surface area (Å²) in [5.41, 5.74) is 3.62. The molecule has 0 N–H and O–H groups in total. The Labute approximate surface area is 254 Å². The zero-order valence-electron chi connectivity index (χ0n) is 23.9. The fraction of sp³-hybridized carbons (Fsp3) is 0.216. The Morgan fingerprint density at radius 1 is 0.833 bits per heavy atom. The van der Waals surface area contributed by atoms with E-state index in [0.29, 0.717) is 5.92 Å². The Hall–Kier alpha value is -3.96. The molecule has 0 unspecified atom stereocenters. The number of fused-ring (bicyclic) bond motifs is 6. The quantitative estimate of drug-likeness (QED) is 0.179. The van der Waals surface area contributed by atoms with Crippen LogP contribution in [-0.4, -0.2) is 19.2 Å². The van der Waals surface area contributed by atoms with Crippen molar-refractivity contribution in [3.63, 3.8) is 0 Å². The maximum atomic E-state index is 14.3. The second kappa shape index (κ2) is 12.5. The van der Waals surface area contributed by atoms with Crippen LogP contribution >= 0.6 is 15.9 Å². The molecule has 5 aromatic carbocycles. The molecule has 0 amide bonds. The molecule has 0 bridgehead atoms. The van der Waals surface area contributed by atoms with Gasteiger partial charge in [-0.05, 0) is 112 Å². The number of rotatable bonds is 5. The highest BCUT2D eigenvalue weighted by atomic mass is 79.9. The van der Waals surface area contributed by atoms with Gasteiger partial charge in [-0.1, -0.05) is 70.5 Å². The van der Waals surface area contributed by atoms with Gasteiger partial charge in [0.2, 0.25) is 0 Å². The van der Waals surface area contributed by atoms with E-state index in [-0.39, 0.29) is 5.82 Å². The van der Waals surface area contributed by atoms with Gasteiger partial charge in [-0.3, -0.25) is 4.98 Å². The summed E-state index contributed by atoms with van der Waals surface area (Å²) >= 11 is 3.35. The maximum Gasteiger partial charge on any atom is 0.131 e. The predicted molar refractivity (Wildman–Crippen MR) is 174 cm³/mol. The first-order valence-electron chi connectivity index (χ1n) is 14.4. The SMILES string of the molecule is COc1cccc2c1c(OC)cc1c3c(ccc12)[C@H](CCc1ccc(Br)cc1F)CCC3.c1ccc2cnccc2c1. The van der Waals surface area contributed by atoms with Crippen LogP contribution in [-0.2, 0) is 12.8 Å². The van der Waals surface area contributed by atoms with Crippen molar-refractivity contribution in [1.29, 1.82) is 0 Å². The Bertz CT molecular complexity index is 1820. The summed E-state index contributed by atoms with van der Waals surface area (Å²) in [5, 5.41) is 7.11. The van der Waals surface area contributed by atoms with E-state index in [1.807, 2.05) is 54.9 Å². The molecule has 1 heterocycles. The fourth-order valence-corrected chi connectivity index (χ4v) is 6.68. The number of methoxy groups -OCH3 is 2. The Balaban J connectivity index is 0.000000265. The fourth-order valence-electron chi connectivity index (χ4n) is 6.35. The number of aromatic nitrogens is 1. The third kappa shape index (κ3) is 5.58. The molecule has 1 aromatic heterocycles. The van der Waals surface area contributed by atoms with Gasteiger partial charge in [-0.15, -0.1) is 0 Å². The molecule has 42 heavy (non-hydrogen) atoms. The number of ether oxygens (including phenoxy) is 2. The van der Waals surface area contributed by atoms with Gasteiger partial charge in [0.15, 0.2) is 0 Å². The van der Waals surface area contributed by atoms with Gasteiger partial charge in [0.05, 0.1) is 19.6 Å². The highest BCUT2D eigenvalue weighted by Crippen LogP contribution is 2.44. The monoisotopic (exact) mass is 621 g/mol. The molecule has 0 fully saturated rings. The number of halogens is 2. The number of aryl methyl sites for hydroxylation is 2. The van der Waals surface area contributed by atoms with Crippen LogP contribution in [0.3, 0.4) is 0 Å². The lowest BCUT2D eigenvalue weighted by molar-refractivity contribution is 0.405. The van der Waals surface area contributed by atoms with Crippen LogP contribution in [0, 0.1) is 5.82 Å². The highest BCUT2D eigenvalue weighted by molar-refractivity contribution is 9.10. The molecular weight excluding hydrogens is 589 g/mol. The molecule has 1 aliphatic rings. The molecule has 7 rings (SSSR count). The molecule has 5 heteroatoms. The summed E-state index contributed by atoms with van der Waals surface area (Å²) < 4.78 is 26.6. The zero-order valence-corrected chi connectivity index (χ0v) is 25.5. The van der Waals surface area contributed by atoms with E-state index in [1.54, 1.807) is 20.3 Å². The largest absolute Gasteiger partial charge is 0.496 e. The van der Waals surface area contributed by atoms with Gasteiger partial charge in [-0.25, -0.2) is 4.39 Å². The minimum atomic E-state index is -0.126. The zero-order chi connectivity index (χ0) is 29.1. The van der Waals surface area contributed by atoms with Crippen molar-refractivity contribution in [1.82, 2.24) is 4.98 Å². The van der Waals surface area contributed by atoms with E-state index in [0.717, 1.165) is 64.4 Å². The molecule has 6 aromatic rings. The average Bonchev–Trinajstić information content (AvgIpc) is 3.03. The molecule has 0 spiro atoms. The van der Waals surface area contributed by atoms with Crippen LogP contribution in [0.15, 0.2) is 102 Å². The lowest BCUT2D eigenvalue weighted by atomic mass is 9.77. The second-order valence-electron chi connectivity index (χ2n) is 10.8. The normalized spacial score (nSPS) is 14.3. The van der Waals surface area contributed by atoms with Crippen molar-refractivity contribution in [3.8, 4) is 11.5 Å². The Kier molecular flexibility index (Phi) is 8.38. The molecule has 0 radical (unpaired) electrons. The van der Waals surface area contributed by atoms with Crippen LogP contribution in [0.25, 0.3) is 32.3 Å². The molecule has 1 atom stereocenters. The summed E-state index contributed by atoms with van der Waals surface area (Å²) in [6.45, 7) is 0. The second-order valence-corrected chi connectivity index (χ2v) is 11.7. The average molecular weight is 623 g/mol. The first kappa shape index (κ1) is 28.2. The minimum Gasteiger partial charge on any atom is -0.496 e. The van der Waals surface area contributed by atoms with E-state index in [4.69, 9.17) is 9.47 Å². The summed E-state index contributed by atoms with van der Waals surface area (Å²) in [6, 6.07) is 28.5. The van der Waals surface area contributed by atoms with Crippen LogP contribution in [0.5, 0.6) is 11.5 Å². The third-order valence-electron chi connectivity index (χ3n) is 8.42. The molecule has 0 saturated heterocycles. The van der Waals surface area contributed by atoms with Crippen LogP contribution < -0.4 is 9.47 Å². The first-order chi connectivity index (χ1) is 20.6. The van der Waals surface area contributed by atoms with Crippen LogP contribution in [0.4, 0.5) is 4.39 Å². The van der Waals surface area contributed by atoms with Crippen molar-refractivity contribution in [2.75, 3.05) is 14.2 Å². The van der Waals surface area contributed by atoms with Gasteiger partial charge in [0.1, 0.15) is 17.3 Å². The summed E-state index contributed by atoms with van der Waals surface area (Å²) in [4.78, 5) is 4.01. The van der Waals surface area contributed by atoms with Gasteiger partial charge in [0.25, 0.3) is 0 Å². The molecular formula is C37H33BrFNO2. The molecule has 212 valence electrons. The van der Waals surface area contributed by atoms with Gasteiger partial charge < -0.3 is 9.47 Å². The van der Waals surface area contributed by atoms with E-state index in [1.165, 1.54) is 32.7 Å².